The number of hydrogen-bond donors (Lipinski definition) is 2. The lowest BCUT2D eigenvalue weighted by Gasteiger charge is -2.24. The molecule has 1 unspecified atom stereocenters. The fourth-order valence-electron chi connectivity index (χ4n) is 2.78. The first-order valence-electron chi connectivity index (χ1n) is 6.84. The molecule has 2 N–H and O–H groups in total. The molecule has 1 atom stereocenters. The minimum Gasteiger partial charge on any atom is -0.361 e. The van der Waals surface area contributed by atoms with Crippen LogP contribution < -0.4 is 10.6 Å². The minimum absolute atomic E-state index is 0.247. The summed E-state index contributed by atoms with van der Waals surface area (Å²) in [5, 5.41) is 6.73. The van der Waals surface area contributed by atoms with E-state index in [0.29, 0.717) is 23.5 Å². The van der Waals surface area contributed by atoms with Crippen molar-refractivity contribution >= 4 is 27.2 Å². The third kappa shape index (κ3) is 3.82. The Balaban J connectivity index is 1.71. The molecule has 0 aromatic rings. The molecule has 0 bridgehead atoms. The van der Waals surface area contributed by atoms with Gasteiger partial charge in [0.15, 0.2) is 14.9 Å². The van der Waals surface area contributed by atoms with Crippen LogP contribution in [0.2, 0.25) is 0 Å². The molecule has 0 aromatic heterocycles. The van der Waals surface area contributed by atoms with Crippen molar-refractivity contribution in [1.29, 1.82) is 0 Å². The van der Waals surface area contributed by atoms with Crippen LogP contribution in [0.4, 0.5) is 0 Å². The van der Waals surface area contributed by atoms with Gasteiger partial charge in [0.25, 0.3) is 0 Å². The average molecular weight is 290 g/mol. The predicted octanol–water partition coefficient (Wildman–Crippen LogP) is 1.36. The van der Waals surface area contributed by atoms with E-state index in [4.69, 9.17) is 12.2 Å². The molecule has 2 fully saturated rings. The van der Waals surface area contributed by atoms with E-state index in [1.165, 1.54) is 32.1 Å². The number of sulfone groups is 1. The molecule has 0 amide bonds. The lowest BCUT2D eigenvalue weighted by Crippen LogP contribution is -2.45. The fraction of sp³-hybridized carbons (Fsp3) is 0.917. The van der Waals surface area contributed by atoms with Gasteiger partial charge in [0.1, 0.15) is 0 Å². The summed E-state index contributed by atoms with van der Waals surface area (Å²) in [6.45, 7) is 0.459. The van der Waals surface area contributed by atoms with E-state index in [0.717, 1.165) is 12.8 Å². The van der Waals surface area contributed by atoms with E-state index < -0.39 is 9.84 Å². The average Bonchev–Trinajstić information content (AvgIpc) is 2.67. The van der Waals surface area contributed by atoms with Gasteiger partial charge < -0.3 is 10.6 Å². The molecule has 2 aliphatic rings. The second-order valence-corrected chi connectivity index (χ2v) is 8.13. The summed E-state index contributed by atoms with van der Waals surface area (Å²) in [5.74, 6) is 0.335. The van der Waals surface area contributed by atoms with Crippen molar-refractivity contribution in [3.8, 4) is 0 Å². The maximum absolute atomic E-state index is 11.7. The number of hydrogen-bond acceptors (Lipinski definition) is 3. The van der Waals surface area contributed by atoms with Crippen LogP contribution in [0.5, 0.6) is 0 Å². The zero-order chi connectivity index (χ0) is 13.0. The van der Waals surface area contributed by atoms with E-state index in [9.17, 15) is 8.42 Å². The van der Waals surface area contributed by atoms with Crippen molar-refractivity contribution in [3.63, 3.8) is 0 Å². The summed E-state index contributed by atoms with van der Waals surface area (Å²) in [7, 11) is -2.87. The van der Waals surface area contributed by atoms with Crippen LogP contribution in [0.25, 0.3) is 0 Å². The Labute approximate surface area is 115 Å². The highest BCUT2D eigenvalue weighted by Crippen LogP contribution is 2.19. The van der Waals surface area contributed by atoms with Gasteiger partial charge in [-0.05, 0) is 37.9 Å². The Morgan fingerprint density at radius 2 is 1.83 bits per heavy atom. The zero-order valence-corrected chi connectivity index (χ0v) is 12.3. The first kappa shape index (κ1) is 14.1. The van der Waals surface area contributed by atoms with Crippen LogP contribution in [-0.2, 0) is 9.84 Å². The molecule has 1 saturated heterocycles. The van der Waals surface area contributed by atoms with Crippen molar-refractivity contribution in [2.75, 3.05) is 12.3 Å². The summed E-state index contributed by atoms with van der Waals surface area (Å²) in [4.78, 5) is 0. The van der Waals surface area contributed by atoms with Gasteiger partial charge in [-0.3, -0.25) is 0 Å². The van der Waals surface area contributed by atoms with Crippen molar-refractivity contribution < 1.29 is 8.42 Å². The highest BCUT2D eigenvalue weighted by molar-refractivity contribution is 7.92. The normalized spacial score (nSPS) is 27.9. The molecule has 0 spiro atoms. The van der Waals surface area contributed by atoms with E-state index in [1.54, 1.807) is 0 Å². The Kier molecular flexibility index (Phi) is 4.84. The topological polar surface area (TPSA) is 58.2 Å². The predicted molar refractivity (Wildman–Crippen MR) is 77.4 cm³/mol. The van der Waals surface area contributed by atoms with Crippen molar-refractivity contribution in [1.82, 2.24) is 10.6 Å². The molecular formula is C12H22N2O2S2. The van der Waals surface area contributed by atoms with E-state index in [-0.39, 0.29) is 5.25 Å². The highest BCUT2D eigenvalue weighted by atomic mass is 32.2. The van der Waals surface area contributed by atoms with Crippen molar-refractivity contribution in [2.45, 2.75) is 56.2 Å². The summed E-state index contributed by atoms with van der Waals surface area (Å²) >= 11 is 5.23. The summed E-state index contributed by atoms with van der Waals surface area (Å²) in [5.41, 5.74) is 0. The number of thiocarbonyl (C=S) groups is 1. The Morgan fingerprint density at radius 3 is 2.44 bits per heavy atom. The second kappa shape index (κ2) is 6.19. The molecular weight excluding hydrogens is 268 g/mol. The SMILES string of the molecule is O=S1(=O)CCCC1CNC(=S)NC1CCCCC1. The summed E-state index contributed by atoms with van der Waals surface area (Å²) in [6, 6.07) is 0.471. The summed E-state index contributed by atoms with van der Waals surface area (Å²) < 4.78 is 23.3. The van der Waals surface area contributed by atoms with Crippen LogP contribution in [0.1, 0.15) is 44.9 Å². The van der Waals surface area contributed by atoms with Crippen molar-refractivity contribution in [3.05, 3.63) is 0 Å². The maximum atomic E-state index is 11.7. The van der Waals surface area contributed by atoms with Crippen LogP contribution in [0.15, 0.2) is 0 Å². The maximum Gasteiger partial charge on any atom is 0.166 e. The molecule has 1 aliphatic carbocycles. The molecule has 1 aliphatic heterocycles. The van der Waals surface area contributed by atoms with Gasteiger partial charge in [0.2, 0.25) is 0 Å². The molecule has 1 saturated carbocycles. The van der Waals surface area contributed by atoms with Gasteiger partial charge in [-0.15, -0.1) is 0 Å². The third-order valence-corrected chi connectivity index (χ3v) is 6.43. The van der Waals surface area contributed by atoms with Crippen LogP contribution >= 0.6 is 12.2 Å². The second-order valence-electron chi connectivity index (χ2n) is 5.32. The van der Waals surface area contributed by atoms with Gasteiger partial charge >= 0.3 is 0 Å². The number of nitrogens with one attached hydrogen (secondary N) is 2. The molecule has 2 rings (SSSR count). The lowest BCUT2D eigenvalue weighted by molar-refractivity contribution is 0.412. The molecule has 0 aromatic carbocycles. The van der Waals surface area contributed by atoms with Gasteiger partial charge in [-0.1, -0.05) is 19.3 Å². The van der Waals surface area contributed by atoms with Gasteiger partial charge in [-0.2, -0.15) is 0 Å². The largest absolute Gasteiger partial charge is 0.361 e. The van der Waals surface area contributed by atoms with Gasteiger partial charge in [-0.25, -0.2) is 8.42 Å². The molecule has 0 radical (unpaired) electrons. The van der Waals surface area contributed by atoms with E-state index >= 15 is 0 Å². The van der Waals surface area contributed by atoms with E-state index in [2.05, 4.69) is 10.6 Å². The van der Waals surface area contributed by atoms with Gasteiger partial charge in [0.05, 0.1) is 11.0 Å². The molecule has 18 heavy (non-hydrogen) atoms. The fourth-order valence-corrected chi connectivity index (χ4v) is 4.79. The van der Waals surface area contributed by atoms with E-state index in [1.807, 2.05) is 0 Å². The molecule has 4 nitrogen and oxygen atoms in total. The third-order valence-electron chi connectivity index (χ3n) is 3.89. The Morgan fingerprint density at radius 1 is 1.11 bits per heavy atom. The van der Waals surface area contributed by atoms with Crippen LogP contribution in [0, 0.1) is 0 Å². The van der Waals surface area contributed by atoms with Gasteiger partial charge in [0, 0.05) is 12.6 Å². The molecule has 6 heteroatoms. The van der Waals surface area contributed by atoms with Crippen LogP contribution in [0.3, 0.4) is 0 Å². The minimum atomic E-state index is -2.87. The monoisotopic (exact) mass is 290 g/mol. The first-order chi connectivity index (χ1) is 8.58. The molecule has 104 valence electrons. The standard InChI is InChI=1S/C12H22N2O2S2/c15-18(16)8-4-7-11(18)9-13-12(17)14-10-5-2-1-3-6-10/h10-11H,1-9H2,(H2,13,14,17). The Hall–Kier alpha value is -0.360. The van der Waals surface area contributed by atoms with Crippen molar-refractivity contribution in [2.24, 2.45) is 0 Å². The summed E-state index contributed by atoms with van der Waals surface area (Å²) in [6.07, 6.45) is 7.74. The highest BCUT2D eigenvalue weighted by Gasteiger charge is 2.31. The lowest BCUT2D eigenvalue weighted by atomic mass is 9.96. The zero-order valence-electron chi connectivity index (χ0n) is 10.7. The smallest absolute Gasteiger partial charge is 0.166 e. The quantitative estimate of drug-likeness (QED) is 0.769. The van der Waals surface area contributed by atoms with Crippen LogP contribution in [-0.4, -0.2) is 37.1 Å². The Bertz CT molecular complexity index is 389. The first-order valence-corrected chi connectivity index (χ1v) is 8.96. The molecule has 1 heterocycles. The number of rotatable bonds is 3.